The highest BCUT2D eigenvalue weighted by molar-refractivity contribution is 7.89. The first-order valence-corrected chi connectivity index (χ1v) is 10.1. The van der Waals surface area contributed by atoms with Gasteiger partial charge >= 0.3 is 5.97 Å². The molecule has 0 N–H and O–H groups in total. The first kappa shape index (κ1) is 21.7. The molecule has 28 heavy (non-hydrogen) atoms. The van der Waals surface area contributed by atoms with Gasteiger partial charge in [0.05, 0.1) is 31.3 Å². The van der Waals surface area contributed by atoms with Gasteiger partial charge in [0.2, 0.25) is 10.0 Å². The van der Waals surface area contributed by atoms with E-state index < -0.39 is 16.0 Å². The van der Waals surface area contributed by atoms with Crippen LogP contribution in [0.5, 0.6) is 11.5 Å². The number of nitrogens with zero attached hydrogens (tertiary/aromatic N) is 1. The van der Waals surface area contributed by atoms with Crippen molar-refractivity contribution in [2.45, 2.75) is 25.3 Å². The molecule has 0 spiro atoms. The van der Waals surface area contributed by atoms with Crippen LogP contribution in [0.25, 0.3) is 0 Å². The number of carbonyl (C=O) groups is 1. The van der Waals surface area contributed by atoms with Crippen LogP contribution in [0.3, 0.4) is 0 Å². The molecule has 0 aliphatic heterocycles. The zero-order chi connectivity index (χ0) is 20.9. The second-order valence-corrected chi connectivity index (χ2v) is 8.18. The van der Waals surface area contributed by atoms with Crippen molar-refractivity contribution < 1.29 is 27.4 Å². The van der Waals surface area contributed by atoms with E-state index in [4.69, 9.17) is 14.2 Å². The summed E-state index contributed by atoms with van der Waals surface area (Å²) >= 11 is 0. The van der Waals surface area contributed by atoms with Crippen LogP contribution in [0.4, 0.5) is 0 Å². The van der Waals surface area contributed by atoms with Gasteiger partial charge in [-0.3, -0.25) is 0 Å². The van der Waals surface area contributed by atoms with Crippen molar-refractivity contribution in [2.75, 3.05) is 27.9 Å². The number of methoxy groups -OCH3 is 2. The highest BCUT2D eigenvalue weighted by Crippen LogP contribution is 2.31. The Morgan fingerprint density at radius 2 is 1.61 bits per heavy atom. The van der Waals surface area contributed by atoms with Gasteiger partial charge in [0.1, 0.15) is 0 Å². The van der Waals surface area contributed by atoms with Gasteiger partial charge in [-0.25, -0.2) is 13.2 Å². The van der Waals surface area contributed by atoms with E-state index in [0.29, 0.717) is 17.1 Å². The van der Waals surface area contributed by atoms with E-state index in [1.807, 2.05) is 13.0 Å². The van der Waals surface area contributed by atoms with Crippen LogP contribution in [-0.4, -0.2) is 46.6 Å². The minimum absolute atomic E-state index is 0.0983. The molecule has 0 fully saturated rings. The average molecular weight is 407 g/mol. The van der Waals surface area contributed by atoms with Crippen molar-refractivity contribution in [3.8, 4) is 11.5 Å². The van der Waals surface area contributed by atoms with Crippen LogP contribution in [0, 0.1) is 6.92 Å². The molecule has 0 aliphatic carbocycles. The quantitative estimate of drug-likeness (QED) is 0.626. The molecule has 8 heteroatoms. The second-order valence-electron chi connectivity index (χ2n) is 6.14. The lowest BCUT2D eigenvalue weighted by molar-refractivity contribution is 0.0526. The van der Waals surface area contributed by atoms with Gasteiger partial charge in [-0.05, 0) is 61.4 Å². The summed E-state index contributed by atoms with van der Waals surface area (Å²) in [6.45, 7) is 4.01. The number of carbonyl (C=O) groups excluding carboxylic acids is 1. The molecule has 0 radical (unpaired) electrons. The Bertz CT molecular complexity index is 938. The molecule has 0 saturated carbocycles. The molecular formula is C20H25NO6S. The Kier molecular flexibility index (Phi) is 7.04. The van der Waals surface area contributed by atoms with Crippen molar-refractivity contribution in [3.05, 3.63) is 53.1 Å². The fourth-order valence-corrected chi connectivity index (χ4v) is 3.82. The molecule has 0 amide bonds. The normalized spacial score (nSPS) is 11.4. The minimum Gasteiger partial charge on any atom is -0.493 e. The van der Waals surface area contributed by atoms with Crippen molar-refractivity contribution in [1.82, 2.24) is 4.31 Å². The van der Waals surface area contributed by atoms with E-state index in [9.17, 15) is 13.2 Å². The number of ether oxygens (including phenoxy) is 3. The van der Waals surface area contributed by atoms with Crippen LogP contribution < -0.4 is 9.47 Å². The molecule has 0 atom stereocenters. The maximum absolute atomic E-state index is 12.9. The fraction of sp³-hybridized carbons (Fsp3) is 0.350. The molecule has 0 bridgehead atoms. The van der Waals surface area contributed by atoms with Gasteiger partial charge in [0.15, 0.2) is 11.5 Å². The Balaban J connectivity index is 2.26. The average Bonchev–Trinajstić information content (AvgIpc) is 2.69. The minimum atomic E-state index is -3.73. The summed E-state index contributed by atoms with van der Waals surface area (Å²) in [6, 6.07) is 9.27. The fourth-order valence-electron chi connectivity index (χ4n) is 2.68. The first-order chi connectivity index (χ1) is 13.2. The zero-order valence-corrected chi connectivity index (χ0v) is 17.5. The van der Waals surface area contributed by atoms with Crippen LogP contribution in [0.2, 0.25) is 0 Å². The number of benzene rings is 2. The molecule has 0 unspecified atom stereocenters. The Morgan fingerprint density at radius 3 is 2.14 bits per heavy atom. The molecule has 7 nitrogen and oxygen atoms in total. The maximum Gasteiger partial charge on any atom is 0.338 e. The van der Waals surface area contributed by atoms with Crippen LogP contribution in [-0.2, 0) is 21.3 Å². The largest absolute Gasteiger partial charge is 0.493 e. The Hall–Kier alpha value is -2.58. The molecule has 0 aromatic heterocycles. The summed E-state index contributed by atoms with van der Waals surface area (Å²) in [6.07, 6.45) is 0. The number of sulfonamides is 1. The lowest BCUT2D eigenvalue weighted by Gasteiger charge is -2.20. The molecule has 152 valence electrons. The molecule has 0 aliphatic rings. The molecule has 2 aromatic rings. The molecule has 2 aromatic carbocycles. The topological polar surface area (TPSA) is 82.1 Å². The highest BCUT2D eigenvalue weighted by Gasteiger charge is 2.22. The van der Waals surface area contributed by atoms with E-state index in [0.717, 1.165) is 11.1 Å². The number of hydrogen-bond donors (Lipinski definition) is 0. The van der Waals surface area contributed by atoms with Gasteiger partial charge in [0.25, 0.3) is 0 Å². The number of rotatable bonds is 8. The van der Waals surface area contributed by atoms with Gasteiger partial charge in [0, 0.05) is 13.6 Å². The summed E-state index contributed by atoms with van der Waals surface area (Å²) in [5.74, 6) is 0.636. The van der Waals surface area contributed by atoms with Gasteiger partial charge in [-0.1, -0.05) is 0 Å². The van der Waals surface area contributed by atoms with E-state index >= 15 is 0 Å². The van der Waals surface area contributed by atoms with E-state index in [2.05, 4.69) is 0 Å². The van der Waals surface area contributed by atoms with Gasteiger partial charge in [-0.15, -0.1) is 0 Å². The number of aryl methyl sites for hydroxylation is 1. The van der Waals surface area contributed by atoms with Gasteiger partial charge < -0.3 is 14.2 Å². The lowest BCUT2D eigenvalue weighted by atomic mass is 10.1. The smallest absolute Gasteiger partial charge is 0.338 e. The summed E-state index contributed by atoms with van der Waals surface area (Å²) in [5, 5.41) is 0. The van der Waals surface area contributed by atoms with Crippen LogP contribution in [0.15, 0.2) is 41.3 Å². The van der Waals surface area contributed by atoms with Crippen molar-refractivity contribution in [3.63, 3.8) is 0 Å². The van der Waals surface area contributed by atoms with Crippen LogP contribution in [0.1, 0.15) is 28.4 Å². The van der Waals surface area contributed by atoms with Gasteiger partial charge in [-0.2, -0.15) is 4.31 Å². The summed E-state index contributed by atoms with van der Waals surface area (Å²) in [4.78, 5) is 11.8. The van der Waals surface area contributed by atoms with E-state index in [1.165, 1.54) is 42.7 Å². The summed E-state index contributed by atoms with van der Waals surface area (Å²) < 4.78 is 42.5. The maximum atomic E-state index is 12.9. The molecule has 0 heterocycles. The third-order valence-electron chi connectivity index (χ3n) is 4.31. The number of esters is 1. The predicted molar refractivity (Wildman–Crippen MR) is 105 cm³/mol. The predicted octanol–water partition coefficient (Wildman–Crippen LogP) is 3.01. The van der Waals surface area contributed by atoms with Crippen molar-refractivity contribution >= 4 is 16.0 Å². The third-order valence-corrected chi connectivity index (χ3v) is 6.13. The molecule has 2 rings (SSSR count). The Morgan fingerprint density at radius 1 is 1.04 bits per heavy atom. The van der Waals surface area contributed by atoms with Crippen LogP contribution >= 0.6 is 0 Å². The zero-order valence-electron chi connectivity index (χ0n) is 16.7. The lowest BCUT2D eigenvalue weighted by Crippen LogP contribution is -2.27. The number of hydrogen-bond acceptors (Lipinski definition) is 6. The summed E-state index contributed by atoms with van der Waals surface area (Å²) in [5.41, 5.74) is 1.99. The first-order valence-electron chi connectivity index (χ1n) is 8.69. The standard InChI is InChI=1S/C20H25NO6S/c1-6-27-20(22)15-7-9-17(10-8-15)28(23,24)21(3)13-16-12-19(26-5)18(25-4)11-14(16)2/h7-12H,6,13H2,1-5H3. The SMILES string of the molecule is CCOC(=O)c1ccc(S(=O)(=O)N(C)Cc2cc(OC)c(OC)cc2C)cc1. The second kappa shape index (κ2) is 9.07. The Labute approximate surface area is 165 Å². The van der Waals surface area contributed by atoms with Crippen molar-refractivity contribution in [2.24, 2.45) is 0 Å². The highest BCUT2D eigenvalue weighted by atomic mass is 32.2. The monoisotopic (exact) mass is 407 g/mol. The third kappa shape index (κ3) is 4.63. The van der Waals surface area contributed by atoms with Crippen molar-refractivity contribution in [1.29, 1.82) is 0 Å². The summed E-state index contributed by atoms with van der Waals surface area (Å²) in [7, 11) is 0.849. The molecule has 0 saturated heterocycles. The molecular weight excluding hydrogens is 382 g/mol. The van der Waals surface area contributed by atoms with E-state index in [-0.39, 0.29) is 18.0 Å². The van der Waals surface area contributed by atoms with E-state index in [1.54, 1.807) is 20.1 Å².